The fourth-order valence-corrected chi connectivity index (χ4v) is 5.51. The van der Waals surface area contributed by atoms with Gasteiger partial charge >= 0.3 is 6.03 Å². The lowest BCUT2D eigenvalue weighted by Gasteiger charge is -2.37. The highest BCUT2D eigenvalue weighted by molar-refractivity contribution is 6.34. The van der Waals surface area contributed by atoms with Crippen molar-refractivity contribution in [1.82, 2.24) is 15.0 Å². The molecular weight excluding hydrogens is 562 g/mol. The van der Waals surface area contributed by atoms with E-state index >= 15 is 0 Å². The van der Waals surface area contributed by atoms with Crippen LogP contribution in [0.5, 0.6) is 23.0 Å². The van der Waals surface area contributed by atoms with Gasteiger partial charge in [-0.2, -0.15) is 0 Å². The van der Waals surface area contributed by atoms with Crippen molar-refractivity contribution >= 4 is 40.0 Å². The molecule has 2 fully saturated rings. The number of amides is 2. The summed E-state index contributed by atoms with van der Waals surface area (Å²) in [6.45, 7) is 7.33. The minimum atomic E-state index is -0.502. The number of ether oxygens (including phenoxy) is 4. The predicted molar refractivity (Wildman–Crippen MR) is 158 cm³/mol. The number of pyridine rings is 1. The second-order valence-electron chi connectivity index (χ2n) is 10.7. The summed E-state index contributed by atoms with van der Waals surface area (Å²) in [7, 11) is 1.61. The summed E-state index contributed by atoms with van der Waals surface area (Å²) in [6, 6.07) is 11.6. The van der Waals surface area contributed by atoms with Gasteiger partial charge in [-0.3, -0.25) is 10.3 Å². The molecule has 12 heteroatoms. The fraction of sp³-hybridized carbons (Fsp3) is 0.367. The number of anilines is 2. The molecule has 0 aliphatic carbocycles. The Bertz CT molecular complexity index is 1590. The van der Waals surface area contributed by atoms with Gasteiger partial charge in [0.2, 0.25) is 0 Å². The van der Waals surface area contributed by atoms with Crippen LogP contribution in [-0.2, 0) is 4.74 Å². The molecule has 4 aromatic rings. The SMILES string of the molecule is COc1cc2c(Oc3ccc(NC(=O)Nc4cc(C)on4)c(Cl)c3)ccnc2cc1OCCCN1CCC2(COC2)C1. The van der Waals surface area contributed by atoms with Gasteiger partial charge in [0, 0.05) is 48.3 Å². The summed E-state index contributed by atoms with van der Waals surface area (Å²) in [6.07, 6.45) is 3.81. The van der Waals surface area contributed by atoms with Gasteiger partial charge in [0.15, 0.2) is 17.3 Å². The Kier molecular flexibility index (Phi) is 8.05. The molecule has 42 heavy (non-hydrogen) atoms. The van der Waals surface area contributed by atoms with Crippen molar-refractivity contribution in [2.45, 2.75) is 19.8 Å². The maximum absolute atomic E-state index is 12.3. The van der Waals surface area contributed by atoms with Gasteiger partial charge in [0.25, 0.3) is 0 Å². The zero-order valence-electron chi connectivity index (χ0n) is 23.4. The average Bonchev–Trinajstić information content (AvgIpc) is 3.58. The Morgan fingerprint density at radius 2 is 2.00 bits per heavy atom. The highest BCUT2D eigenvalue weighted by atomic mass is 35.5. The summed E-state index contributed by atoms with van der Waals surface area (Å²) in [5, 5.41) is 10.1. The molecule has 1 spiro atoms. The Labute approximate surface area is 248 Å². The number of fused-ring (bicyclic) bond motifs is 1. The van der Waals surface area contributed by atoms with Crippen LogP contribution in [0.1, 0.15) is 18.6 Å². The van der Waals surface area contributed by atoms with E-state index in [1.807, 2.05) is 12.1 Å². The maximum atomic E-state index is 12.3. The number of aryl methyl sites for hydroxylation is 1. The molecule has 220 valence electrons. The van der Waals surface area contributed by atoms with Crippen molar-refractivity contribution in [2.24, 2.45) is 5.41 Å². The van der Waals surface area contributed by atoms with Gasteiger partial charge in [-0.05, 0) is 50.6 Å². The second-order valence-corrected chi connectivity index (χ2v) is 11.1. The van der Waals surface area contributed by atoms with Crippen LogP contribution in [-0.4, -0.2) is 67.6 Å². The quantitative estimate of drug-likeness (QED) is 0.209. The maximum Gasteiger partial charge on any atom is 0.324 e. The third-order valence-electron chi connectivity index (χ3n) is 7.48. The summed E-state index contributed by atoms with van der Waals surface area (Å²) in [5.74, 6) is 3.18. The standard InChI is InChI=1S/C30H32ClN5O6/c1-19-12-28(35-42-19)34-29(37)33-23-5-4-20(13-22(23)31)41-25-6-8-32-24-15-27(26(38-2)14-21(24)25)40-11-3-9-36-10-7-30(16-36)17-39-18-30/h4-6,8,12-15H,3,7,9-11,16-18H2,1-2H3,(H2,33,34,35,37). The minimum Gasteiger partial charge on any atom is -0.493 e. The number of methoxy groups -OCH3 is 1. The van der Waals surface area contributed by atoms with Crippen LogP contribution in [0.3, 0.4) is 0 Å². The van der Waals surface area contributed by atoms with Gasteiger partial charge in [-0.15, -0.1) is 0 Å². The molecule has 2 aromatic heterocycles. The fourth-order valence-electron chi connectivity index (χ4n) is 5.29. The third kappa shape index (κ3) is 6.23. The first-order valence-electron chi connectivity index (χ1n) is 13.8. The van der Waals surface area contributed by atoms with Gasteiger partial charge < -0.3 is 33.7 Å². The molecule has 0 radical (unpaired) electrons. The van der Waals surface area contributed by atoms with Crippen LogP contribution >= 0.6 is 11.6 Å². The first-order chi connectivity index (χ1) is 20.4. The van der Waals surface area contributed by atoms with Crippen LogP contribution in [0.2, 0.25) is 5.02 Å². The first kappa shape index (κ1) is 28.1. The number of halogens is 1. The molecule has 2 amide bonds. The number of aromatic nitrogens is 2. The van der Waals surface area contributed by atoms with Gasteiger partial charge in [0.05, 0.1) is 43.2 Å². The zero-order chi connectivity index (χ0) is 29.1. The van der Waals surface area contributed by atoms with Crippen LogP contribution < -0.4 is 24.8 Å². The molecule has 2 aliphatic heterocycles. The van der Waals surface area contributed by atoms with Crippen LogP contribution in [0.25, 0.3) is 10.9 Å². The lowest BCUT2D eigenvalue weighted by Crippen LogP contribution is -2.44. The normalized spacial score (nSPS) is 15.9. The number of rotatable bonds is 10. The first-order valence-corrected chi connectivity index (χ1v) is 14.2. The monoisotopic (exact) mass is 593 g/mol. The van der Waals surface area contributed by atoms with E-state index in [0.717, 1.165) is 44.7 Å². The van der Waals surface area contributed by atoms with Crippen molar-refractivity contribution in [3.8, 4) is 23.0 Å². The van der Waals surface area contributed by atoms with Crippen molar-refractivity contribution in [1.29, 1.82) is 0 Å². The molecule has 2 N–H and O–H groups in total. The van der Waals surface area contributed by atoms with E-state index in [2.05, 4.69) is 25.7 Å². The Morgan fingerprint density at radius 3 is 2.71 bits per heavy atom. The average molecular weight is 594 g/mol. The molecule has 4 heterocycles. The van der Waals surface area contributed by atoms with Crippen molar-refractivity contribution in [3.05, 3.63) is 59.4 Å². The van der Waals surface area contributed by atoms with E-state index in [1.54, 1.807) is 50.6 Å². The number of urea groups is 1. The molecule has 2 aliphatic rings. The molecule has 0 bridgehead atoms. The number of carbonyl (C=O) groups excluding carboxylic acids is 1. The highest BCUT2D eigenvalue weighted by Crippen LogP contribution is 2.39. The third-order valence-corrected chi connectivity index (χ3v) is 7.80. The lowest BCUT2D eigenvalue weighted by molar-refractivity contribution is -0.105. The topological polar surface area (TPSA) is 120 Å². The smallest absolute Gasteiger partial charge is 0.324 e. The van der Waals surface area contributed by atoms with Gasteiger partial charge in [-0.25, -0.2) is 4.79 Å². The molecule has 2 aromatic carbocycles. The number of likely N-dealkylation sites (tertiary alicyclic amines) is 1. The van der Waals surface area contributed by atoms with Crippen molar-refractivity contribution in [3.63, 3.8) is 0 Å². The van der Waals surface area contributed by atoms with Crippen LogP contribution in [0.15, 0.2) is 53.2 Å². The van der Waals surface area contributed by atoms with E-state index in [-0.39, 0.29) is 0 Å². The van der Waals surface area contributed by atoms with Crippen LogP contribution in [0, 0.1) is 12.3 Å². The number of hydrogen-bond acceptors (Lipinski definition) is 9. The molecule has 6 rings (SSSR count). The predicted octanol–water partition coefficient (Wildman–Crippen LogP) is 6.12. The zero-order valence-corrected chi connectivity index (χ0v) is 24.2. The minimum absolute atomic E-state index is 0.300. The summed E-state index contributed by atoms with van der Waals surface area (Å²) in [4.78, 5) is 19.3. The molecule has 0 saturated carbocycles. The second kappa shape index (κ2) is 12.0. The summed E-state index contributed by atoms with van der Waals surface area (Å²) >= 11 is 6.45. The Balaban J connectivity index is 1.09. The molecular formula is C30H32ClN5O6. The number of nitrogens with one attached hydrogen (secondary N) is 2. The van der Waals surface area contributed by atoms with Crippen LogP contribution in [0.4, 0.5) is 16.3 Å². The molecule has 0 unspecified atom stereocenters. The number of hydrogen-bond donors (Lipinski definition) is 2. The molecule has 11 nitrogen and oxygen atoms in total. The number of benzene rings is 2. The van der Waals surface area contributed by atoms with E-state index in [1.165, 1.54) is 6.42 Å². The van der Waals surface area contributed by atoms with E-state index in [4.69, 9.17) is 35.1 Å². The van der Waals surface area contributed by atoms with Gasteiger partial charge in [0.1, 0.15) is 17.3 Å². The van der Waals surface area contributed by atoms with Crippen molar-refractivity contribution in [2.75, 3.05) is 57.2 Å². The number of nitrogens with zero attached hydrogens (tertiary/aromatic N) is 3. The van der Waals surface area contributed by atoms with Crippen molar-refractivity contribution < 1.29 is 28.3 Å². The molecule has 0 atom stereocenters. The highest BCUT2D eigenvalue weighted by Gasteiger charge is 2.43. The Hall–Kier alpha value is -4.06. The summed E-state index contributed by atoms with van der Waals surface area (Å²) < 4.78 is 28.3. The summed E-state index contributed by atoms with van der Waals surface area (Å²) in [5.41, 5.74) is 1.51. The van der Waals surface area contributed by atoms with E-state index in [9.17, 15) is 4.79 Å². The number of carbonyl (C=O) groups is 1. The molecule has 2 saturated heterocycles. The van der Waals surface area contributed by atoms with E-state index in [0.29, 0.717) is 62.8 Å². The van der Waals surface area contributed by atoms with E-state index < -0.39 is 6.03 Å². The van der Waals surface area contributed by atoms with Gasteiger partial charge in [-0.1, -0.05) is 16.8 Å². The Morgan fingerprint density at radius 1 is 1.12 bits per heavy atom. The largest absolute Gasteiger partial charge is 0.493 e. The lowest BCUT2D eigenvalue weighted by atomic mass is 9.85.